The van der Waals surface area contributed by atoms with E-state index in [9.17, 15) is 0 Å². The Balaban J connectivity index is 1.13. The molecule has 4 atom stereocenters. The van der Waals surface area contributed by atoms with E-state index in [0.717, 1.165) is 58.3 Å². The van der Waals surface area contributed by atoms with E-state index in [-0.39, 0.29) is 10.8 Å². The molecule has 198 valence electrons. The molecule has 3 nitrogen and oxygen atoms in total. The lowest BCUT2D eigenvalue weighted by molar-refractivity contribution is 0.406. The minimum Gasteiger partial charge on any atom is -0.460 e. The highest BCUT2D eigenvalue weighted by Crippen LogP contribution is 2.78. The van der Waals surface area contributed by atoms with E-state index in [4.69, 9.17) is 14.7 Å². The average molecular weight is 539 g/mol. The largest absolute Gasteiger partial charge is 0.460 e. The molecular formula is C39H26N2O. The van der Waals surface area contributed by atoms with E-state index in [1.807, 2.05) is 0 Å². The highest BCUT2D eigenvalue weighted by Gasteiger charge is 2.77. The summed E-state index contributed by atoms with van der Waals surface area (Å²) in [6.07, 6.45) is 12.7. The second-order valence-electron chi connectivity index (χ2n) is 13.0. The molecule has 5 aliphatic carbocycles. The van der Waals surface area contributed by atoms with E-state index in [1.54, 1.807) is 0 Å². The van der Waals surface area contributed by atoms with Crippen molar-refractivity contribution in [1.29, 1.82) is 0 Å². The number of hydrogen-bond acceptors (Lipinski definition) is 3. The quantitative estimate of drug-likeness (QED) is 0.226. The molecule has 2 heterocycles. The summed E-state index contributed by atoms with van der Waals surface area (Å²) in [4.78, 5) is 10.4. The second kappa shape index (κ2) is 7.17. The van der Waals surface area contributed by atoms with Crippen molar-refractivity contribution in [3.8, 4) is 28.3 Å². The third kappa shape index (κ3) is 2.55. The van der Waals surface area contributed by atoms with Crippen LogP contribution in [0.1, 0.15) is 40.8 Å². The van der Waals surface area contributed by atoms with Crippen LogP contribution in [0.4, 0.5) is 0 Å². The van der Waals surface area contributed by atoms with Gasteiger partial charge in [0.15, 0.2) is 5.82 Å². The van der Waals surface area contributed by atoms with Crippen LogP contribution in [0.25, 0.3) is 45.1 Å². The van der Waals surface area contributed by atoms with Crippen LogP contribution < -0.4 is 4.74 Å². The molecular weight excluding hydrogens is 512 g/mol. The van der Waals surface area contributed by atoms with Gasteiger partial charge >= 0.3 is 0 Å². The van der Waals surface area contributed by atoms with Crippen molar-refractivity contribution in [2.45, 2.75) is 30.1 Å². The highest BCUT2D eigenvalue weighted by molar-refractivity contribution is 5.94. The van der Waals surface area contributed by atoms with Crippen LogP contribution in [0.2, 0.25) is 0 Å². The van der Waals surface area contributed by atoms with Crippen molar-refractivity contribution in [3.05, 3.63) is 137 Å². The molecule has 2 fully saturated rings. The van der Waals surface area contributed by atoms with E-state index in [2.05, 4.69) is 109 Å². The first-order valence-electron chi connectivity index (χ1n) is 15.2. The number of fused-ring (bicyclic) bond motifs is 5. The SMILES string of the molecule is C1=CC2CC2C=C1c1nc(-c2ccc3c(c2)CC24CC25C(=Cc2ccccc24)Oc2cccc-3c25)nc2ccccc12. The fourth-order valence-corrected chi connectivity index (χ4v) is 8.87. The lowest BCUT2D eigenvalue weighted by Gasteiger charge is -2.28. The number of allylic oxidation sites excluding steroid dienone is 5. The van der Waals surface area contributed by atoms with Gasteiger partial charge in [0, 0.05) is 21.9 Å². The van der Waals surface area contributed by atoms with Gasteiger partial charge < -0.3 is 4.74 Å². The van der Waals surface area contributed by atoms with Crippen LogP contribution in [0.5, 0.6) is 5.75 Å². The summed E-state index contributed by atoms with van der Waals surface area (Å²) in [5.74, 6) is 4.35. The third-order valence-corrected chi connectivity index (χ3v) is 10.9. The predicted molar refractivity (Wildman–Crippen MR) is 166 cm³/mol. The number of nitrogens with zero attached hydrogens (tertiary/aromatic N) is 2. The molecule has 0 saturated heterocycles. The molecule has 2 saturated carbocycles. The molecule has 4 aromatic carbocycles. The fraction of sp³-hybridized carbons (Fsp3) is 0.179. The summed E-state index contributed by atoms with van der Waals surface area (Å²) in [5, 5.41) is 1.12. The average Bonchev–Trinajstić information content (AvgIpc) is 3.92. The van der Waals surface area contributed by atoms with Crippen LogP contribution in [-0.2, 0) is 17.3 Å². The number of rotatable bonds is 2. The smallest absolute Gasteiger partial charge is 0.160 e. The van der Waals surface area contributed by atoms with E-state index in [0.29, 0.717) is 5.92 Å². The molecule has 11 rings (SSSR count). The zero-order valence-electron chi connectivity index (χ0n) is 23.0. The van der Waals surface area contributed by atoms with Crippen molar-refractivity contribution < 1.29 is 4.74 Å². The molecule has 3 heteroatoms. The van der Waals surface area contributed by atoms with Crippen LogP contribution in [0.15, 0.2) is 109 Å². The highest BCUT2D eigenvalue weighted by atomic mass is 16.5. The Morgan fingerprint density at radius 3 is 2.74 bits per heavy atom. The Labute approximate surface area is 243 Å². The molecule has 42 heavy (non-hydrogen) atoms. The fourth-order valence-electron chi connectivity index (χ4n) is 8.87. The summed E-state index contributed by atoms with van der Waals surface area (Å²) in [6.45, 7) is 0. The van der Waals surface area contributed by atoms with Gasteiger partial charge in [0.2, 0.25) is 0 Å². The number of para-hydroxylation sites is 1. The maximum atomic E-state index is 6.61. The first kappa shape index (κ1) is 21.9. The zero-order valence-corrected chi connectivity index (χ0v) is 23.0. The van der Waals surface area contributed by atoms with E-state index < -0.39 is 0 Å². The van der Waals surface area contributed by atoms with Crippen LogP contribution in [0.3, 0.4) is 0 Å². The first-order valence-corrected chi connectivity index (χ1v) is 15.2. The summed E-state index contributed by atoms with van der Waals surface area (Å²) >= 11 is 0. The molecule has 5 aromatic rings. The van der Waals surface area contributed by atoms with Crippen molar-refractivity contribution in [1.82, 2.24) is 9.97 Å². The maximum Gasteiger partial charge on any atom is 0.160 e. The Kier molecular flexibility index (Phi) is 3.74. The van der Waals surface area contributed by atoms with Crippen LogP contribution >= 0.6 is 0 Å². The Morgan fingerprint density at radius 2 is 1.76 bits per heavy atom. The topological polar surface area (TPSA) is 35.0 Å². The maximum absolute atomic E-state index is 6.61. The van der Waals surface area contributed by atoms with Crippen molar-refractivity contribution in [2.24, 2.45) is 11.8 Å². The summed E-state index contributed by atoms with van der Waals surface area (Å²) in [7, 11) is 0. The predicted octanol–water partition coefficient (Wildman–Crippen LogP) is 8.44. The molecule has 1 spiro atoms. The van der Waals surface area contributed by atoms with Gasteiger partial charge in [-0.25, -0.2) is 9.97 Å². The third-order valence-electron chi connectivity index (χ3n) is 10.9. The van der Waals surface area contributed by atoms with Gasteiger partial charge in [0.1, 0.15) is 11.5 Å². The molecule has 6 aliphatic rings. The summed E-state index contributed by atoms with van der Waals surface area (Å²) in [6, 6.07) is 30.9. The number of hydrogen-bond donors (Lipinski definition) is 0. The first-order chi connectivity index (χ1) is 20.7. The van der Waals surface area contributed by atoms with Crippen molar-refractivity contribution >= 4 is 22.6 Å². The Bertz CT molecular complexity index is 2190. The monoisotopic (exact) mass is 538 g/mol. The summed E-state index contributed by atoms with van der Waals surface area (Å²) in [5.41, 5.74) is 12.4. The normalized spacial score (nSPS) is 27.8. The minimum atomic E-state index is -0.0699. The van der Waals surface area contributed by atoms with Gasteiger partial charge in [-0.05, 0) is 88.8 Å². The van der Waals surface area contributed by atoms with Gasteiger partial charge in [-0.15, -0.1) is 0 Å². The van der Waals surface area contributed by atoms with Gasteiger partial charge in [-0.3, -0.25) is 0 Å². The minimum absolute atomic E-state index is 0.00676. The molecule has 1 aliphatic heterocycles. The second-order valence-corrected chi connectivity index (χ2v) is 13.0. The van der Waals surface area contributed by atoms with E-state index in [1.165, 1.54) is 45.4 Å². The van der Waals surface area contributed by atoms with Gasteiger partial charge in [0.05, 0.1) is 16.6 Å². The Morgan fingerprint density at radius 1 is 0.833 bits per heavy atom. The standard InChI is InChI=1S/C39H26N2O/c1-3-9-31-23(6-1)19-34-39-21-38(31,39)20-27-18-25(14-15-28(27)29-8-5-11-33(42-34)35(29)39)37-40-32-10-4-2-7-30(32)36(41-37)24-13-12-22-16-26(22)17-24/h1-15,17-19,22,26H,16,20-21H2. The molecule has 0 bridgehead atoms. The number of ether oxygens (including phenoxy) is 1. The van der Waals surface area contributed by atoms with Crippen molar-refractivity contribution in [3.63, 3.8) is 0 Å². The number of aromatic nitrogens is 2. The number of benzene rings is 4. The molecule has 0 N–H and O–H groups in total. The zero-order chi connectivity index (χ0) is 27.2. The lowest BCUT2D eigenvalue weighted by atomic mass is 9.74. The molecule has 1 aromatic heterocycles. The molecule has 0 amide bonds. The van der Waals surface area contributed by atoms with Crippen LogP contribution in [-0.4, -0.2) is 9.97 Å². The van der Waals surface area contributed by atoms with Gasteiger partial charge in [-0.2, -0.15) is 0 Å². The van der Waals surface area contributed by atoms with E-state index >= 15 is 0 Å². The van der Waals surface area contributed by atoms with Gasteiger partial charge in [-0.1, -0.05) is 85.0 Å². The molecule has 0 radical (unpaired) electrons. The summed E-state index contributed by atoms with van der Waals surface area (Å²) < 4.78 is 6.61. The molecule has 4 unspecified atom stereocenters. The Hall–Kier alpha value is -4.76. The van der Waals surface area contributed by atoms with Gasteiger partial charge in [0.25, 0.3) is 0 Å². The lowest BCUT2D eigenvalue weighted by Crippen LogP contribution is -2.27. The van der Waals surface area contributed by atoms with Crippen LogP contribution in [0, 0.1) is 11.8 Å². The van der Waals surface area contributed by atoms with Crippen molar-refractivity contribution in [2.75, 3.05) is 0 Å².